The quantitative estimate of drug-likeness (QED) is 0.808. The van der Waals surface area contributed by atoms with Gasteiger partial charge in [-0.15, -0.1) is 0 Å². The highest BCUT2D eigenvalue weighted by Crippen LogP contribution is 2.32. The van der Waals surface area contributed by atoms with Gasteiger partial charge in [0.25, 0.3) is 0 Å². The van der Waals surface area contributed by atoms with Crippen LogP contribution in [0.5, 0.6) is 11.5 Å². The number of rotatable bonds is 6. The zero-order valence-electron chi connectivity index (χ0n) is 11.7. The fourth-order valence-corrected chi connectivity index (χ4v) is 2.32. The maximum atomic E-state index is 5.42. The number of likely N-dealkylation sites (N-methyl/N-ethyl adjacent to an activating group) is 1. The van der Waals surface area contributed by atoms with Crippen LogP contribution in [0.25, 0.3) is 0 Å². The summed E-state index contributed by atoms with van der Waals surface area (Å²) >= 11 is 0. The van der Waals surface area contributed by atoms with E-state index in [4.69, 9.17) is 9.47 Å². The average Bonchev–Trinajstić information content (AvgIpc) is 3.13. The molecule has 1 aromatic carbocycles. The van der Waals surface area contributed by atoms with Crippen molar-refractivity contribution in [3.05, 3.63) is 42.5 Å². The number of hydrogen-bond donors (Lipinski definition) is 0. The van der Waals surface area contributed by atoms with Gasteiger partial charge in [0, 0.05) is 32.0 Å². The highest BCUT2D eigenvalue weighted by molar-refractivity contribution is 5.44. The van der Waals surface area contributed by atoms with Gasteiger partial charge in [-0.2, -0.15) is 0 Å². The summed E-state index contributed by atoms with van der Waals surface area (Å²) < 4.78 is 12.9. The fraction of sp³-hybridized carbons (Fsp3) is 0.400. The number of nitrogens with zero attached hydrogens (tertiary/aromatic N) is 3. The van der Waals surface area contributed by atoms with E-state index in [1.165, 1.54) is 5.56 Å². The molecule has 0 saturated carbocycles. The van der Waals surface area contributed by atoms with Gasteiger partial charge in [-0.3, -0.25) is 4.90 Å². The Morgan fingerprint density at radius 1 is 1.30 bits per heavy atom. The molecule has 3 rings (SSSR count). The molecule has 1 aromatic heterocycles. The molecule has 20 heavy (non-hydrogen) atoms. The van der Waals surface area contributed by atoms with Crippen LogP contribution >= 0.6 is 0 Å². The molecule has 106 valence electrons. The van der Waals surface area contributed by atoms with E-state index >= 15 is 0 Å². The van der Waals surface area contributed by atoms with E-state index in [1.54, 1.807) is 0 Å². The minimum absolute atomic E-state index is 0.330. The van der Waals surface area contributed by atoms with Gasteiger partial charge in [-0.1, -0.05) is 13.0 Å². The molecule has 5 nitrogen and oxygen atoms in total. The van der Waals surface area contributed by atoms with Crippen LogP contribution in [0.2, 0.25) is 0 Å². The molecular formula is C15H19N3O2. The molecule has 1 aliphatic heterocycles. The van der Waals surface area contributed by atoms with Crippen molar-refractivity contribution >= 4 is 0 Å². The number of ether oxygens (including phenoxy) is 2. The van der Waals surface area contributed by atoms with Gasteiger partial charge in [0.2, 0.25) is 6.79 Å². The van der Waals surface area contributed by atoms with E-state index in [0.29, 0.717) is 6.79 Å². The van der Waals surface area contributed by atoms with E-state index < -0.39 is 0 Å². The lowest BCUT2D eigenvalue weighted by atomic mass is 10.2. The van der Waals surface area contributed by atoms with E-state index in [1.807, 2.05) is 24.8 Å². The molecule has 2 heterocycles. The van der Waals surface area contributed by atoms with Crippen LogP contribution < -0.4 is 9.47 Å². The van der Waals surface area contributed by atoms with E-state index in [2.05, 4.69) is 33.5 Å². The summed E-state index contributed by atoms with van der Waals surface area (Å²) in [5.74, 6) is 1.70. The zero-order chi connectivity index (χ0) is 13.8. The smallest absolute Gasteiger partial charge is 0.231 e. The Morgan fingerprint density at radius 3 is 3.00 bits per heavy atom. The van der Waals surface area contributed by atoms with Crippen molar-refractivity contribution in [2.45, 2.75) is 20.0 Å². The Labute approximate surface area is 118 Å². The normalized spacial score (nSPS) is 13.1. The van der Waals surface area contributed by atoms with Crippen molar-refractivity contribution in [1.29, 1.82) is 0 Å². The lowest BCUT2D eigenvalue weighted by Gasteiger charge is -2.20. The maximum Gasteiger partial charge on any atom is 0.231 e. The Kier molecular flexibility index (Phi) is 3.87. The fourth-order valence-electron chi connectivity index (χ4n) is 2.32. The molecule has 2 aromatic rings. The first-order valence-corrected chi connectivity index (χ1v) is 6.92. The van der Waals surface area contributed by atoms with E-state index in [-0.39, 0.29) is 0 Å². The minimum atomic E-state index is 0.330. The van der Waals surface area contributed by atoms with Crippen LogP contribution in [0.1, 0.15) is 12.5 Å². The summed E-state index contributed by atoms with van der Waals surface area (Å²) in [5.41, 5.74) is 1.25. The molecule has 0 bridgehead atoms. The second kappa shape index (κ2) is 5.96. The second-order valence-electron chi connectivity index (χ2n) is 4.86. The third-order valence-corrected chi connectivity index (χ3v) is 3.52. The van der Waals surface area contributed by atoms with Crippen molar-refractivity contribution in [2.24, 2.45) is 0 Å². The first kappa shape index (κ1) is 13.0. The highest BCUT2D eigenvalue weighted by Gasteiger charge is 2.14. The van der Waals surface area contributed by atoms with E-state index in [0.717, 1.165) is 37.7 Å². The summed E-state index contributed by atoms with van der Waals surface area (Å²) in [5, 5.41) is 0. The van der Waals surface area contributed by atoms with Crippen LogP contribution in [0.3, 0.4) is 0 Å². The lowest BCUT2D eigenvalue weighted by Crippen LogP contribution is -2.26. The zero-order valence-corrected chi connectivity index (χ0v) is 11.7. The second-order valence-corrected chi connectivity index (χ2v) is 4.86. The minimum Gasteiger partial charge on any atom is -0.454 e. The van der Waals surface area contributed by atoms with Crippen molar-refractivity contribution in [2.75, 3.05) is 19.9 Å². The van der Waals surface area contributed by atoms with E-state index in [9.17, 15) is 0 Å². The lowest BCUT2D eigenvalue weighted by molar-refractivity contribution is 0.174. The first-order valence-electron chi connectivity index (χ1n) is 6.92. The van der Waals surface area contributed by atoms with Gasteiger partial charge in [0.15, 0.2) is 11.5 Å². The molecule has 0 atom stereocenters. The molecule has 0 unspecified atom stereocenters. The van der Waals surface area contributed by atoms with Crippen molar-refractivity contribution in [1.82, 2.24) is 14.5 Å². The SMILES string of the molecule is CCN(CCn1ccnc1)Cc1ccc2c(c1)OCO2. The number of hydrogen-bond acceptors (Lipinski definition) is 4. The predicted octanol–water partition coefficient (Wildman–Crippen LogP) is 2.13. The van der Waals surface area contributed by atoms with Gasteiger partial charge in [-0.05, 0) is 24.2 Å². The summed E-state index contributed by atoms with van der Waals surface area (Å²) in [6.45, 7) is 6.41. The largest absolute Gasteiger partial charge is 0.454 e. The average molecular weight is 273 g/mol. The highest BCUT2D eigenvalue weighted by atomic mass is 16.7. The molecule has 0 amide bonds. The van der Waals surface area contributed by atoms with Gasteiger partial charge >= 0.3 is 0 Å². The Bertz CT molecular complexity index is 554. The molecule has 5 heteroatoms. The summed E-state index contributed by atoms with van der Waals surface area (Å²) in [6, 6.07) is 6.16. The van der Waals surface area contributed by atoms with Crippen LogP contribution in [-0.4, -0.2) is 34.3 Å². The predicted molar refractivity (Wildman–Crippen MR) is 75.7 cm³/mol. The Balaban J connectivity index is 1.59. The van der Waals surface area contributed by atoms with Crippen molar-refractivity contribution in [3.8, 4) is 11.5 Å². The summed E-state index contributed by atoms with van der Waals surface area (Å²) in [4.78, 5) is 6.46. The molecular weight excluding hydrogens is 254 g/mol. The number of benzene rings is 1. The van der Waals surface area contributed by atoms with Gasteiger partial charge in [0.05, 0.1) is 6.33 Å². The Morgan fingerprint density at radius 2 is 2.20 bits per heavy atom. The topological polar surface area (TPSA) is 39.5 Å². The number of fused-ring (bicyclic) bond motifs is 1. The summed E-state index contributed by atoms with van der Waals surface area (Å²) in [6.07, 6.45) is 5.66. The molecule has 0 aliphatic carbocycles. The molecule has 0 saturated heterocycles. The molecule has 1 aliphatic rings. The monoisotopic (exact) mass is 273 g/mol. The van der Waals surface area contributed by atoms with Gasteiger partial charge < -0.3 is 14.0 Å². The third-order valence-electron chi connectivity index (χ3n) is 3.52. The molecule has 0 radical (unpaired) electrons. The van der Waals surface area contributed by atoms with Crippen LogP contribution in [0.4, 0.5) is 0 Å². The van der Waals surface area contributed by atoms with Crippen molar-refractivity contribution < 1.29 is 9.47 Å². The van der Waals surface area contributed by atoms with Crippen LogP contribution in [0, 0.1) is 0 Å². The number of imidazole rings is 1. The van der Waals surface area contributed by atoms with Crippen LogP contribution in [0.15, 0.2) is 36.9 Å². The molecule has 0 spiro atoms. The van der Waals surface area contributed by atoms with Crippen molar-refractivity contribution in [3.63, 3.8) is 0 Å². The standard InChI is InChI=1S/C15H19N3O2/c1-2-17(7-8-18-6-5-16-11-18)10-13-3-4-14-15(9-13)20-12-19-14/h3-6,9,11H,2,7-8,10,12H2,1H3. The van der Waals surface area contributed by atoms with Crippen LogP contribution in [-0.2, 0) is 13.1 Å². The first-order chi connectivity index (χ1) is 9.85. The molecule has 0 N–H and O–H groups in total. The Hall–Kier alpha value is -2.01. The van der Waals surface area contributed by atoms with Gasteiger partial charge in [-0.25, -0.2) is 4.98 Å². The molecule has 0 fully saturated rings. The third kappa shape index (κ3) is 2.93. The maximum absolute atomic E-state index is 5.42. The number of aromatic nitrogens is 2. The van der Waals surface area contributed by atoms with Gasteiger partial charge in [0.1, 0.15) is 0 Å². The summed E-state index contributed by atoms with van der Waals surface area (Å²) in [7, 11) is 0.